The molecule has 7 heteroatoms. The van der Waals surface area contributed by atoms with E-state index in [1.807, 2.05) is 24.3 Å². The van der Waals surface area contributed by atoms with Crippen LogP contribution in [0.4, 0.5) is 15.8 Å². The maximum absolute atomic E-state index is 13.2. The molecule has 0 radical (unpaired) electrons. The Labute approximate surface area is 174 Å². The number of carbonyl (C=O) groups excluding carboxylic acids is 1. The first kappa shape index (κ1) is 19.5. The fourth-order valence-electron chi connectivity index (χ4n) is 3.63. The number of aromatic nitrogens is 2. The summed E-state index contributed by atoms with van der Waals surface area (Å²) in [5.41, 5.74) is 3.23. The normalized spacial score (nSPS) is 16.3. The standard InChI is InChI=1S/C22H22ClFN4O/c1-14-11-12-27(13-14)18-9-5-17(6-10-18)25-22(29)20-15(2)26-28(21(20)23)19-7-3-16(24)4-8-19/h3-10,14H,11-13H2,1-2H3,(H,25,29). The minimum absolute atomic E-state index is 0.189. The molecule has 1 saturated heterocycles. The highest BCUT2D eigenvalue weighted by Gasteiger charge is 2.22. The van der Waals surface area contributed by atoms with E-state index in [2.05, 4.69) is 22.2 Å². The number of carbonyl (C=O) groups is 1. The van der Waals surface area contributed by atoms with Gasteiger partial charge in [-0.25, -0.2) is 9.07 Å². The smallest absolute Gasteiger partial charge is 0.260 e. The summed E-state index contributed by atoms with van der Waals surface area (Å²) >= 11 is 6.43. The third-order valence-electron chi connectivity index (χ3n) is 5.22. The van der Waals surface area contributed by atoms with Crippen molar-refractivity contribution in [3.8, 4) is 5.69 Å². The van der Waals surface area contributed by atoms with Crippen LogP contribution in [0.3, 0.4) is 0 Å². The Morgan fingerprint density at radius 3 is 2.41 bits per heavy atom. The third kappa shape index (κ3) is 3.98. The zero-order chi connectivity index (χ0) is 20.5. The Bertz CT molecular complexity index is 1030. The molecule has 3 aromatic rings. The monoisotopic (exact) mass is 412 g/mol. The van der Waals surface area contributed by atoms with Gasteiger partial charge in [0.2, 0.25) is 0 Å². The van der Waals surface area contributed by atoms with E-state index < -0.39 is 0 Å². The SMILES string of the molecule is Cc1nn(-c2ccc(F)cc2)c(Cl)c1C(=O)Nc1ccc(N2CCC(C)C2)cc1. The molecular weight excluding hydrogens is 391 g/mol. The Kier molecular flexibility index (Phi) is 5.28. The molecule has 150 valence electrons. The number of amides is 1. The maximum Gasteiger partial charge on any atom is 0.260 e. The van der Waals surface area contributed by atoms with Gasteiger partial charge in [-0.05, 0) is 67.8 Å². The molecule has 4 rings (SSSR count). The minimum atomic E-state index is -0.349. The predicted molar refractivity (Wildman–Crippen MR) is 114 cm³/mol. The Morgan fingerprint density at radius 2 is 1.79 bits per heavy atom. The molecule has 0 saturated carbocycles. The number of nitrogens with zero attached hydrogens (tertiary/aromatic N) is 3. The number of hydrogen-bond donors (Lipinski definition) is 1. The van der Waals surface area contributed by atoms with Crippen molar-refractivity contribution in [2.75, 3.05) is 23.3 Å². The van der Waals surface area contributed by atoms with Gasteiger partial charge in [0.25, 0.3) is 5.91 Å². The Morgan fingerprint density at radius 1 is 1.14 bits per heavy atom. The molecule has 1 atom stereocenters. The first-order chi connectivity index (χ1) is 13.9. The topological polar surface area (TPSA) is 50.2 Å². The highest BCUT2D eigenvalue weighted by molar-refractivity contribution is 6.34. The molecule has 1 aliphatic heterocycles. The second-order valence-corrected chi connectivity index (χ2v) is 7.84. The summed E-state index contributed by atoms with van der Waals surface area (Å²) in [7, 11) is 0. The van der Waals surface area contributed by atoms with Gasteiger partial charge >= 0.3 is 0 Å². The van der Waals surface area contributed by atoms with Crippen molar-refractivity contribution in [3.63, 3.8) is 0 Å². The molecule has 1 N–H and O–H groups in total. The summed E-state index contributed by atoms with van der Waals surface area (Å²) in [4.78, 5) is 15.2. The van der Waals surface area contributed by atoms with Crippen LogP contribution < -0.4 is 10.2 Å². The fourth-order valence-corrected chi connectivity index (χ4v) is 3.99. The molecule has 1 unspecified atom stereocenters. The van der Waals surface area contributed by atoms with Gasteiger partial charge < -0.3 is 10.2 Å². The lowest BCUT2D eigenvalue weighted by molar-refractivity contribution is 0.102. The molecule has 1 aromatic heterocycles. The van der Waals surface area contributed by atoms with Crippen LogP contribution in [0.1, 0.15) is 29.4 Å². The number of halogens is 2. The summed E-state index contributed by atoms with van der Waals surface area (Å²) in [5.74, 6) is 0.0269. The van der Waals surface area contributed by atoms with Crippen molar-refractivity contribution in [2.45, 2.75) is 20.3 Å². The predicted octanol–water partition coefficient (Wildman–Crippen LogP) is 5.07. The second kappa shape index (κ2) is 7.87. The van der Waals surface area contributed by atoms with E-state index in [0.29, 0.717) is 28.6 Å². The zero-order valence-corrected chi connectivity index (χ0v) is 17.1. The number of anilines is 2. The van der Waals surface area contributed by atoms with Crippen LogP contribution in [0, 0.1) is 18.7 Å². The molecular formula is C22H22ClFN4O. The van der Waals surface area contributed by atoms with Crippen LogP contribution in [0.2, 0.25) is 5.15 Å². The second-order valence-electron chi connectivity index (χ2n) is 7.48. The summed E-state index contributed by atoms with van der Waals surface area (Å²) in [6, 6.07) is 13.6. The van der Waals surface area contributed by atoms with Crippen LogP contribution >= 0.6 is 11.6 Å². The Balaban J connectivity index is 1.52. The molecule has 0 spiro atoms. The largest absolute Gasteiger partial charge is 0.371 e. The van der Waals surface area contributed by atoms with Gasteiger partial charge in [0.15, 0.2) is 0 Å². The van der Waals surface area contributed by atoms with Crippen molar-refractivity contribution in [1.82, 2.24) is 9.78 Å². The van der Waals surface area contributed by atoms with Crippen LogP contribution in [0.15, 0.2) is 48.5 Å². The quantitative estimate of drug-likeness (QED) is 0.650. The van der Waals surface area contributed by atoms with Gasteiger partial charge in [0.1, 0.15) is 16.5 Å². The van der Waals surface area contributed by atoms with Crippen LogP contribution in [0.25, 0.3) is 5.69 Å². The van der Waals surface area contributed by atoms with Gasteiger partial charge in [-0.15, -0.1) is 0 Å². The highest BCUT2D eigenvalue weighted by Crippen LogP contribution is 2.27. The molecule has 0 bridgehead atoms. The molecule has 0 aliphatic carbocycles. The lowest BCUT2D eigenvalue weighted by Crippen LogP contribution is -2.19. The Hall–Kier alpha value is -2.86. The van der Waals surface area contributed by atoms with E-state index in [4.69, 9.17) is 11.6 Å². The number of nitrogens with one attached hydrogen (secondary N) is 1. The van der Waals surface area contributed by atoms with Gasteiger partial charge in [0.05, 0.1) is 11.4 Å². The van der Waals surface area contributed by atoms with Crippen molar-refractivity contribution in [3.05, 3.63) is 70.8 Å². The molecule has 2 heterocycles. The molecule has 29 heavy (non-hydrogen) atoms. The van der Waals surface area contributed by atoms with E-state index in [0.717, 1.165) is 18.8 Å². The third-order valence-corrected chi connectivity index (χ3v) is 5.57. The fraction of sp³-hybridized carbons (Fsp3) is 0.273. The molecule has 1 amide bonds. The average Bonchev–Trinajstić information content (AvgIpc) is 3.26. The number of benzene rings is 2. The molecule has 2 aromatic carbocycles. The van der Waals surface area contributed by atoms with Gasteiger partial charge in [-0.1, -0.05) is 18.5 Å². The number of hydrogen-bond acceptors (Lipinski definition) is 3. The number of rotatable bonds is 4. The van der Waals surface area contributed by atoms with Crippen LogP contribution in [0.5, 0.6) is 0 Å². The molecule has 1 aliphatic rings. The van der Waals surface area contributed by atoms with E-state index in [9.17, 15) is 9.18 Å². The van der Waals surface area contributed by atoms with Crippen LogP contribution in [-0.4, -0.2) is 28.8 Å². The average molecular weight is 413 g/mol. The summed E-state index contributed by atoms with van der Waals surface area (Å²) < 4.78 is 14.6. The lowest BCUT2D eigenvalue weighted by Gasteiger charge is -2.18. The highest BCUT2D eigenvalue weighted by atomic mass is 35.5. The number of aryl methyl sites for hydroxylation is 1. The minimum Gasteiger partial charge on any atom is -0.371 e. The zero-order valence-electron chi connectivity index (χ0n) is 16.3. The first-order valence-corrected chi connectivity index (χ1v) is 9.97. The van der Waals surface area contributed by atoms with E-state index >= 15 is 0 Å². The first-order valence-electron chi connectivity index (χ1n) is 9.60. The van der Waals surface area contributed by atoms with Crippen molar-refractivity contribution < 1.29 is 9.18 Å². The summed E-state index contributed by atoms with van der Waals surface area (Å²) in [6.07, 6.45) is 1.20. The molecule has 5 nitrogen and oxygen atoms in total. The van der Waals surface area contributed by atoms with E-state index in [-0.39, 0.29) is 16.9 Å². The summed E-state index contributed by atoms with van der Waals surface area (Å²) in [5, 5.41) is 7.42. The van der Waals surface area contributed by atoms with E-state index in [1.54, 1.807) is 19.1 Å². The van der Waals surface area contributed by atoms with E-state index in [1.165, 1.54) is 23.2 Å². The van der Waals surface area contributed by atoms with Gasteiger partial charge in [0, 0.05) is 24.5 Å². The van der Waals surface area contributed by atoms with Crippen molar-refractivity contribution in [2.24, 2.45) is 5.92 Å². The maximum atomic E-state index is 13.2. The lowest BCUT2D eigenvalue weighted by atomic mass is 10.2. The van der Waals surface area contributed by atoms with Gasteiger partial charge in [-0.2, -0.15) is 5.10 Å². The van der Waals surface area contributed by atoms with Gasteiger partial charge in [-0.3, -0.25) is 4.79 Å². The molecule has 1 fully saturated rings. The van der Waals surface area contributed by atoms with Crippen LogP contribution in [-0.2, 0) is 0 Å². The summed E-state index contributed by atoms with van der Waals surface area (Å²) in [6.45, 7) is 6.10. The van der Waals surface area contributed by atoms with Crippen molar-refractivity contribution in [1.29, 1.82) is 0 Å². The van der Waals surface area contributed by atoms with Crippen molar-refractivity contribution >= 4 is 28.9 Å².